The van der Waals surface area contributed by atoms with Crippen LogP contribution in [0.5, 0.6) is 0 Å². The minimum Gasteiger partial charge on any atom is -0.357 e. The quantitative estimate of drug-likeness (QED) is 0.840. The number of amides is 2. The maximum absolute atomic E-state index is 13.2. The van der Waals surface area contributed by atoms with Crippen molar-refractivity contribution >= 4 is 11.8 Å². The number of benzene rings is 1. The molecule has 0 saturated carbocycles. The molecule has 0 aliphatic rings. The first-order valence-corrected chi connectivity index (χ1v) is 6.45. The third-order valence-corrected chi connectivity index (χ3v) is 2.85. The summed E-state index contributed by atoms with van der Waals surface area (Å²) in [6, 6.07) is 2.09. The van der Waals surface area contributed by atoms with E-state index >= 15 is 0 Å². The van der Waals surface area contributed by atoms with E-state index in [0.717, 1.165) is 18.6 Å². The molecular formula is C14H18F2N2O2. The molecule has 0 saturated heterocycles. The number of carbonyl (C=O) groups excluding carboxylic acids is 2. The van der Waals surface area contributed by atoms with Gasteiger partial charge in [-0.05, 0) is 24.1 Å². The summed E-state index contributed by atoms with van der Waals surface area (Å²) in [5, 5.41) is 4.91. The minimum absolute atomic E-state index is 0.202. The van der Waals surface area contributed by atoms with Gasteiger partial charge in [-0.3, -0.25) is 9.59 Å². The van der Waals surface area contributed by atoms with Gasteiger partial charge in [0.2, 0.25) is 11.8 Å². The maximum Gasteiger partial charge on any atom is 0.246 e. The lowest BCUT2D eigenvalue weighted by Gasteiger charge is -2.18. The van der Waals surface area contributed by atoms with Gasteiger partial charge in [-0.15, -0.1) is 0 Å². The lowest BCUT2D eigenvalue weighted by atomic mass is 10.1. The van der Waals surface area contributed by atoms with Crippen LogP contribution in [-0.2, 0) is 9.59 Å². The van der Waals surface area contributed by atoms with E-state index in [-0.39, 0.29) is 17.9 Å². The summed E-state index contributed by atoms with van der Waals surface area (Å²) in [7, 11) is 1.41. The molecule has 4 nitrogen and oxygen atoms in total. The van der Waals surface area contributed by atoms with Gasteiger partial charge in [0.25, 0.3) is 0 Å². The molecule has 0 bridgehead atoms. The van der Waals surface area contributed by atoms with Crippen LogP contribution in [0.4, 0.5) is 8.78 Å². The Hall–Kier alpha value is -1.98. The summed E-state index contributed by atoms with van der Waals surface area (Å²) >= 11 is 0. The first kappa shape index (κ1) is 16.1. The SMILES string of the molecule is CCCCC(=O)NC(C(=O)NC)c1ccc(F)c(F)c1. The summed E-state index contributed by atoms with van der Waals surface area (Å²) in [5.41, 5.74) is 0.202. The summed E-state index contributed by atoms with van der Waals surface area (Å²) in [5.74, 6) is -2.84. The molecule has 1 unspecified atom stereocenters. The fraction of sp³-hybridized carbons (Fsp3) is 0.429. The zero-order valence-electron chi connectivity index (χ0n) is 11.5. The van der Waals surface area contributed by atoms with E-state index in [0.29, 0.717) is 6.42 Å². The van der Waals surface area contributed by atoms with E-state index in [4.69, 9.17) is 0 Å². The van der Waals surface area contributed by atoms with Crippen molar-refractivity contribution < 1.29 is 18.4 Å². The Morgan fingerprint density at radius 3 is 2.50 bits per heavy atom. The number of hydrogen-bond acceptors (Lipinski definition) is 2. The second-order valence-electron chi connectivity index (χ2n) is 4.39. The van der Waals surface area contributed by atoms with Gasteiger partial charge in [-0.25, -0.2) is 8.78 Å². The van der Waals surface area contributed by atoms with E-state index in [1.807, 2.05) is 6.92 Å². The molecule has 0 aromatic heterocycles. The van der Waals surface area contributed by atoms with Gasteiger partial charge in [0.1, 0.15) is 6.04 Å². The average Bonchev–Trinajstić information content (AvgIpc) is 2.44. The molecule has 20 heavy (non-hydrogen) atoms. The van der Waals surface area contributed by atoms with Gasteiger partial charge in [0, 0.05) is 13.5 Å². The predicted molar refractivity (Wildman–Crippen MR) is 70.8 cm³/mol. The second-order valence-corrected chi connectivity index (χ2v) is 4.39. The molecule has 0 heterocycles. The number of halogens is 2. The predicted octanol–water partition coefficient (Wildman–Crippen LogP) is 2.06. The topological polar surface area (TPSA) is 58.2 Å². The normalized spacial score (nSPS) is 11.8. The summed E-state index contributed by atoms with van der Waals surface area (Å²) in [4.78, 5) is 23.5. The van der Waals surface area contributed by atoms with Gasteiger partial charge in [-0.2, -0.15) is 0 Å². The molecule has 1 aromatic carbocycles. The van der Waals surface area contributed by atoms with Crippen molar-refractivity contribution in [3.63, 3.8) is 0 Å². The van der Waals surface area contributed by atoms with Crippen LogP contribution < -0.4 is 10.6 Å². The fourth-order valence-electron chi connectivity index (χ4n) is 1.71. The van der Waals surface area contributed by atoms with Crippen molar-refractivity contribution in [2.75, 3.05) is 7.05 Å². The van der Waals surface area contributed by atoms with Crippen LogP contribution in [0.3, 0.4) is 0 Å². The zero-order valence-corrected chi connectivity index (χ0v) is 11.5. The second kappa shape index (κ2) is 7.57. The van der Waals surface area contributed by atoms with Crippen LogP contribution in [0.15, 0.2) is 18.2 Å². The van der Waals surface area contributed by atoms with E-state index in [2.05, 4.69) is 10.6 Å². The first-order valence-electron chi connectivity index (χ1n) is 6.45. The zero-order chi connectivity index (χ0) is 15.1. The number of rotatable bonds is 6. The maximum atomic E-state index is 13.2. The minimum atomic E-state index is -1.06. The van der Waals surface area contributed by atoms with Crippen molar-refractivity contribution in [3.05, 3.63) is 35.4 Å². The number of nitrogens with one attached hydrogen (secondary N) is 2. The van der Waals surface area contributed by atoms with E-state index in [1.165, 1.54) is 13.1 Å². The Kier molecular flexibility index (Phi) is 6.09. The van der Waals surface area contributed by atoms with Gasteiger partial charge in [0.15, 0.2) is 11.6 Å². The molecular weight excluding hydrogens is 266 g/mol. The number of hydrogen-bond donors (Lipinski definition) is 2. The third-order valence-electron chi connectivity index (χ3n) is 2.85. The highest BCUT2D eigenvalue weighted by Gasteiger charge is 2.22. The van der Waals surface area contributed by atoms with E-state index in [1.54, 1.807) is 0 Å². The van der Waals surface area contributed by atoms with Crippen molar-refractivity contribution in [1.29, 1.82) is 0 Å². The number of likely N-dealkylation sites (N-methyl/N-ethyl adjacent to an activating group) is 1. The Morgan fingerprint density at radius 1 is 1.25 bits per heavy atom. The highest BCUT2D eigenvalue weighted by Crippen LogP contribution is 2.17. The van der Waals surface area contributed by atoms with Crippen molar-refractivity contribution in [2.24, 2.45) is 0 Å². The molecule has 2 amide bonds. The Bertz CT molecular complexity index is 492. The van der Waals surface area contributed by atoms with Crippen LogP contribution in [0, 0.1) is 11.6 Å². The average molecular weight is 284 g/mol. The highest BCUT2D eigenvalue weighted by molar-refractivity contribution is 5.88. The molecule has 0 radical (unpaired) electrons. The monoisotopic (exact) mass is 284 g/mol. The molecule has 110 valence electrons. The van der Waals surface area contributed by atoms with Gasteiger partial charge >= 0.3 is 0 Å². The standard InChI is InChI=1S/C14H18F2N2O2/c1-3-4-5-12(19)18-13(14(20)17-2)9-6-7-10(15)11(16)8-9/h6-8,13H,3-5H2,1-2H3,(H,17,20)(H,18,19). The van der Waals surface area contributed by atoms with Gasteiger partial charge < -0.3 is 10.6 Å². The van der Waals surface area contributed by atoms with Gasteiger partial charge in [0.05, 0.1) is 0 Å². The van der Waals surface area contributed by atoms with Gasteiger partial charge in [-0.1, -0.05) is 19.4 Å². The van der Waals surface area contributed by atoms with Crippen LogP contribution in [0.1, 0.15) is 37.8 Å². The number of unbranched alkanes of at least 4 members (excludes halogenated alkanes) is 1. The smallest absolute Gasteiger partial charge is 0.246 e. The highest BCUT2D eigenvalue weighted by atomic mass is 19.2. The van der Waals surface area contributed by atoms with Crippen molar-refractivity contribution in [3.8, 4) is 0 Å². The third kappa shape index (κ3) is 4.29. The van der Waals surface area contributed by atoms with Crippen LogP contribution in [0.2, 0.25) is 0 Å². The molecule has 6 heteroatoms. The lowest BCUT2D eigenvalue weighted by Crippen LogP contribution is -2.39. The lowest BCUT2D eigenvalue weighted by molar-refractivity contribution is -0.129. The first-order chi connectivity index (χ1) is 9.49. The fourth-order valence-corrected chi connectivity index (χ4v) is 1.71. The molecule has 1 rings (SSSR count). The largest absolute Gasteiger partial charge is 0.357 e. The molecule has 0 fully saturated rings. The van der Waals surface area contributed by atoms with E-state index < -0.39 is 23.6 Å². The molecule has 0 spiro atoms. The molecule has 0 aliphatic heterocycles. The Balaban J connectivity index is 2.91. The van der Waals surface area contributed by atoms with Crippen molar-refractivity contribution in [2.45, 2.75) is 32.2 Å². The van der Waals surface area contributed by atoms with Crippen LogP contribution in [0.25, 0.3) is 0 Å². The Labute approximate surface area is 116 Å². The molecule has 1 aromatic rings. The Morgan fingerprint density at radius 2 is 1.95 bits per heavy atom. The van der Waals surface area contributed by atoms with E-state index in [9.17, 15) is 18.4 Å². The summed E-state index contributed by atoms with van der Waals surface area (Å²) < 4.78 is 26.1. The van der Waals surface area contributed by atoms with Crippen LogP contribution >= 0.6 is 0 Å². The molecule has 2 N–H and O–H groups in total. The molecule has 1 atom stereocenters. The summed E-state index contributed by atoms with van der Waals surface area (Å²) in [6.45, 7) is 1.94. The number of carbonyl (C=O) groups is 2. The van der Waals surface area contributed by atoms with Crippen LogP contribution in [-0.4, -0.2) is 18.9 Å². The molecule has 0 aliphatic carbocycles. The van der Waals surface area contributed by atoms with Crippen molar-refractivity contribution in [1.82, 2.24) is 10.6 Å². The summed E-state index contributed by atoms with van der Waals surface area (Å²) in [6.07, 6.45) is 1.83.